The number of nitrogen functional groups attached to an aromatic ring is 1. The third-order valence-corrected chi connectivity index (χ3v) is 3.23. The first-order valence-corrected chi connectivity index (χ1v) is 6.55. The Morgan fingerprint density at radius 1 is 1.25 bits per heavy atom. The van der Waals surface area contributed by atoms with Gasteiger partial charge in [-0.15, -0.1) is 0 Å². The highest BCUT2D eigenvalue weighted by molar-refractivity contribution is 5.84. The summed E-state index contributed by atoms with van der Waals surface area (Å²) in [5, 5.41) is 5.38. The lowest BCUT2D eigenvalue weighted by atomic mass is 10.2. The predicted molar refractivity (Wildman–Crippen MR) is 78.9 cm³/mol. The van der Waals surface area contributed by atoms with Gasteiger partial charge in [0.2, 0.25) is 5.88 Å². The molecule has 0 fully saturated rings. The number of rotatable bonds is 3. The predicted octanol–water partition coefficient (Wildman–Crippen LogP) is 3.13. The van der Waals surface area contributed by atoms with Gasteiger partial charge >= 0.3 is 0 Å². The highest BCUT2D eigenvalue weighted by Gasteiger charge is 2.15. The fourth-order valence-corrected chi connectivity index (χ4v) is 2.16. The number of para-hydroxylation sites is 1. The van der Waals surface area contributed by atoms with Crippen LogP contribution >= 0.6 is 0 Å². The molecule has 3 aromatic rings. The smallest absolute Gasteiger partial charge is 0.241 e. The van der Waals surface area contributed by atoms with Crippen LogP contribution in [0.2, 0.25) is 0 Å². The summed E-state index contributed by atoms with van der Waals surface area (Å²) in [4.78, 5) is 4.37. The van der Waals surface area contributed by atoms with E-state index in [2.05, 4.69) is 10.1 Å². The molecule has 3 rings (SSSR count). The summed E-state index contributed by atoms with van der Waals surface area (Å²) in [7, 11) is 0. The maximum atomic E-state index is 6.04. The zero-order valence-electron chi connectivity index (χ0n) is 11.5. The van der Waals surface area contributed by atoms with Crippen LogP contribution in [0.3, 0.4) is 0 Å². The number of nitrogens with two attached hydrogens (primary N) is 1. The van der Waals surface area contributed by atoms with E-state index in [0.29, 0.717) is 23.9 Å². The van der Waals surface area contributed by atoms with Gasteiger partial charge in [0.15, 0.2) is 5.75 Å². The molecule has 0 aliphatic rings. The summed E-state index contributed by atoms with van der Waals surface area (Å²) < 4.78 is 7.73. The Morgan fingerprint density at radius 2 is 2.05 bits per heavy atom. The van der Waals surface area contributed by atoms with Gasteiger partial charge in [-0.3, -0.25) is 4.98 Å². The van der Waals surface area contributed by atoms with Gasteiger partial charge in [0.1, 0.15) is 11.2 Å². The van der Waals surface area contributed by atoms with E-state index in [1.165, 1.54) is 0 Å². The summed E-state index contributed by atoms with van der Waals surface area (Å²) in [5.41, 5.74) is 8.20. The Morgan fingerprint density at radius 3 is 2.85 bits per heavy atom. The van der Waals surface area contributed by atoms with E-state index in [4.69, 9.17) is 10.5 Å². The van der Waals surface area contributed by atoms with Crippen molar-refractivity contribution in [3.8, 4) is 11.6 Å². The monoisotopic (exact) mass is 268 g/mol. The molecule has 0 unspecified atom stereocenters. The average Bonchev–Trinajstić information content (AvgIpc) is 2.75. The molecular weight excluding hydrogens is 252 g/mol. The number of aryl methyl sites for hydroxylation is 2. The molecule has 0 saturated heterocycles. The Labute approximate surface area is 117 Å². The summed E-state index contributed by atoms with van der Waals surface area (Å²) in [6.07, 6.45) is 1.75. The molecule has 0 aliphatic heterocycles. The number of fused-ring (bicyclic) bond motifs is 1. The van der Waals surface area contributed by atoms with Crippen LogP contribution in [0.5, 0.6) is 11.6 Å². The Kier molecular flexibility index (Phi) is 3.02. The third kappa shape index (κ3) is 1.97. The van der Waals surface area contributed by atoms with E-state index in [1.807, 2.05) is 44.2 Å². The van der Waals surface area contributed by atoms with Crippen LogP contribution < -0.4 is 10.5 Å². The quantitative estimate of drug-likeness (QED) is 0.792. The number of anilines is 1. The molecule has 5 heteroatoms. The van der Waals surface area contributed by atoms with Crippen LogP contribution in [0.15, 0.2) is 36.5 Å². The minimum Gasteiger partial charge on any atom is -0.435 e. The maximum Gasteiger partial charge on any atom is 0.241 e. The van der Waals surface area contributed by atoms with Gasteiger partial charge in [0.05, 0.1) is 5.69 Å². The van der Waals surface area contributed by atoms with Crippen LogP contribution in [-0.2, 0) is 6.54 Å². The molecule has 5 nitrogen and oxygen atoms in total. The third-order valence-electron chi connectivity index (χ3n) is 3.23. The van der Waals surface area contributed by atoms with Crippen molar-refractivity contribution in [1.29, 1.82) is 0 Å². The highest BCUT2D eigenvalue weighted by Crippen LogP contribution is 2.33. The SMILES string of the molecule is CCn1nc(C)c(N)c1Oc1cccc2cccnc12. The molecule has 0 radical (unpaired) electrons. The molecule has 0 amide bonds. The molecule has 0 aliphatic carbocycles. The van der Waals surface area contributed by atoms with Crippen molar-refractivity contribution in [1.82, 2.24) is 14.8 Å². The van der Waals surface area contributed by atoms with Gasteiger partial charge in [0, 0.05) is 18.1 Å². The fraction of sp³-hybridized carbons (Fsp3) is 0.200. The summed E-state index contributed by atoms with van der Waals surface area (Å²) in [6.45, 7) is 4.57. The lowest BCUT2D eigenvalue weighted by Crippen LogP contribution is -2.01. The number of hydrogen-bond donors (Lipinski definition) is 1. The van der Waals surface area contributed by atoms with Crippen molar-refractivity contribution in [2.75, 3.05) is 5.73 Å². The van der Waals surface area contributed by atoms with Gasteiger partial charge in [-0.25, -0.2) is 4.68 Å². The lowest BCUT2D eigenvalue weighted by molar-refractivity contribution is 0.421. The zero-order chi connectivity index (χ0) is 14.1. The maximum absolute atomic E-state index is 6.04. The topological polar surface area (TPSA) is 66.0 Å². The van der Waals surface area contributed by atoms with E-state index < -0.39 is 0 Å². The van der Waals surface area contributed by atoms with E-state index in [0.717, 1.165) is 16.6 Å². The fourth-order valence-electron chi connectivity index (χ4n) is 2.16. The first-order chi connectivity index (χ1) is 9.70. The number of pyridine rings is 1. The molecule has 0 bridgehead atoms. The number of benzene rings is 1. The summed E-state index contributed by atoms with van der Waals surface area (Å²) in [6, 6.07) is 9.73. The van der Waals surface area contributed by atoms with Crippen molar-refractivity contribution in [2.45, 2.75) is 20.4 Å². The van der Waals surface area contributed by atoms with E-state index in [-0.39, 0.29) is 0 Å². The van der Waals surface area contributed by atoms with E-state index >= 15 is 0 Å². The van der Waals surface area contributed by atoms with E-state index in [9.17, 15) is 0 Å². The van der Waals surface area contributed by atoms with Crippen molar-refractivity contribution in [3.05, 3.63) is 42.2 Å². The molecule has 0 saturated carbocycles. The number of hydrogen-bond acceptors (Lipinski definition) is 4. The van der Waals surface area contributed by atoms with Crippen LogP contribution in [0, 0.1) is 6.92 Å². The molecular formula is C15H16N4O. The van der Waals surface area contributed by atoms with Gasteiger partial charge in [-0.05, 0) is 26.0 Å². The molecule has 2 N–H and O–H groups in total. The van der Waals surface area contributed by atoms with Gasteiger partial charge in [-0.2, -0.15) is 5.10 Å². The van der Waals surface area contributed by atoms with Crippen molar-refractivity contribution in [2.24, 2.45) is 0 Å². The molecule has 0 atom stereocenters. The Balaban J connectivity index is 2.10. The van der Waals surface area contributed by atoms with Crippen molar-refractivity contribution < 1.29 is 4.74 Å². The molecule has 0 spiro atoms. The second-order valence-electron chi connectivity index (χ2n) is 4.55. The van der Waals surface area contributed by atoms with Crippen LogP contribution in [0.1, 0.15) is 12.6 Å². The molecule has 102 valence electrons. The van der Waals surface area contributed by atoms with Gasteiger partial charge < -0.3 is 10.5 Å². The van der Waals surface area contributed by atoms with E-state index in [1.54, 1.807) is 10.9 Å². The number of aromatic nitrogens is 3. The van der Waals surface area contributed by atoms with Crippen LogP contribution in [-0.4, -0.2) is 14.8 Å². The first kappa shape index (κ1) is 12.5. The lowest BCUT2D eigenvalue weighted by Gasteiger charge is -2.10. The zero-order valence-corrected chi connectivity index (χ0v) is 11.5. The largest absolute Gasteiger partial charge is 0.435 e. The van der Waals surface area contributed by atoms with Gasteiger partial charge in [-0.1, -0.05) is 18.2 Å². The second-order valence-corrected chi connectivity index (χ2v) is 4.55. The van der Waals surface area contributed by atoms with Crippen molar-refractivity contribution in [3.63, 3.8) is 0 Å². The summed E-state index contributed by atoms with van der Waals surface area (Å²) >= 11 is 0. The van der Waals surface area contributed by atoms with Crippen molar-refractivity contribution >= 4 is 16.6 Å². The highest BCUT2D eigenvalue weighted by atomic mass is 16.5. The Hall–Kier alpha value is -2.56. The number of ether oxygens (including phenoxy) is 1. The standard InChI is InChI=1S/C15H16N4O/c1-3-19-15(13(16)10(2)18-19)20-12-8-4-6-11-7-5-9-17-14(11)12/h4-9H,3,16H2,1-2H3. The molecule has 20 heavy (non-hydrogen) atoms. The molecule has 2 heterocycles. The second kappa shape index (κ2) is 4.85. The Bertz CT molecular complexity index is 758. The normalized spacial score (nSPS) is 10.9. The van der Waals surface area contributed by atoms with Crippen LogP contribution in [0.4, 0.5) is 5.69 Å². The van der Waals surface area contributed by atoms with Crippen LogP contribution in [0.25, 0.3) is 10.9 Å². The number of nitrogens with zero attached hydrogens (tertiary/aromatic N) is 3. The molecule has 1 aromatic carbocycles. The first-order valence-electron chi connectivity index (χ1n) is 6.55. The summed E-state index contributed by atoms with van der Waals surface area (Å²) in [5.74, 6) is 1.26. The van der Waals surface area contributed by atoms with Gasteiger partial charge in [0.25, 0.3) is 0 Å². The minimum atomic E-state index is 0.569. The minimum absolute atomic E-state index is 0.569. The average molecular weight is 268 g/mol. The molecule has 2 aromatic heterocycles.